The van der Waals surface area contributed by atoms with E-state index in [0.29, 0.717) is 13.0 Å². The molecule has 0 aromatic heterocycles. The molecule has 1 fully saturated rings. The summed E-state index contributed by atoms with van der Waals surface area (Å²) in [6.07, 6.45) is -0.669. The highest BCUT2D eigenvalue weighted by atomic mass is 16.5. The zero-order chi connectivity index (χ0) is 15.4. The highest BCUT2D eigenvalue weighted by Crippen LogP contribution is 2.13. The molecule has 1 saturated heterocycles. The number of carboxylic acid groups (broad SMARTS) is 1. The predicted octanol–water partition coefficient (Wildman–Crippen LogP) is -0.426. The fourth-order valence-corrected chi connectivity index (χ4v) is 2.21. The number of aliphatic carboxylic acids is 1. The summed E-state index contributed by atoms with van der Waals surface area (Å²) in [5.41, 5.74) is 6.73. The van der Waals surface area contributed by atoms with E-state index in [9.17, 15) is 14.7 Å². The maximum atomic E-state index is 12.2. The lowest BCUT2D eigenvalue weighted by molar-refractivity contribution is -0.159. The van der Waals surface area contributed by atoms with Gasteiger partial charge < -0.3 is 25.6 Å². The number of hydrogen-bond acceptors (Lipinski definition) is 5. The first-order valence-electron chi connectivity index (χ1n) is 6.64. The summed E-state index contributed by atoms with van der Waals surface area (Å²) < 4.78 is 5.07. The number of carboxylic acids is 1. The number of carbonyl (C=O) groups excluding carboxylic acids is 1. The summed E-state index contributed by atoms with van der Waals surface area (Å²) in [7, 11) is 0. The highest BCUT2D eigenvalue weighted by molar-refractivity contribution is 5.83. The molecule has 2 rings (SSSR count). The zero-order valence-electron chi connectivity index (χ0n) is 11.4. The van der Waals surface area contributed by atoms with Crippen molar-refractivity contribution >= 4 is 11.9 Å². The molecule has 1 aliphatic heterocycles. The topological polar surface area (TPSA) is 113 Å². The normalized spacial score (nSPS) is 20.0. The minimum absolute atomic E-state index is 0.0114. The lowest BCUT2D eigenvalue weighted by atomic mass is 10.0. The number of benzene rings is 1. The average molecular weight is 294 g/mol. The molecule has 1 aliphatic rings. The van der Waals surface area contributed by atoms with Crippen molar-refractivity contribution in [1.29, 1.82) is 0 Å². The lowest BCUT2D eigenvalue weighted by Crippen LogP contribution is -2.53. The van der Waals surface area contributed by atoms with Gasteiger partial charge >= 0.3 is 5.97 Å². The van der Waals surface area contributed by atoms with Gasteiger partial charge in [0.1, 0.15) is 5.75 Å². The van der Waals surface area contributed by atoms with Crippen molar-refractivity contribution in [3.8, 4) is 5.75 Å². The number of carbonyl (C=O) groups is 2. The molecule has 7 nitrogen and oxygen atoms in total. The molecule has 114 valence electrons. The number of phenols is 1. The van der Waals surface area contributed by atoms with Crippen LogP contribution in [0, 0.1) is 0 Å². The molecule has 1 unspecified atom stereocenters. The fourth-order valence-electron chi connectivity index (χ4n) is 2.21. The largest absolute Gasteiger partial charge is 0.508 e. The molecule has 4 N–H and O–H groups in total. The van der Waals surface area contributed by atoms with E-state index >= 15 is 0 Å². The van der Waals surface area contributed by atoms with Gasteiger partial charge in [-0.15, -0.1) is 0 Å². The van der Waals surface area contributed by atoms with Gasteiger partial charge in [0.05, 0.1) is 19.2 Å². The van der Waals surface area contributed by atoms with E-state index in [1.54, 1.807) is 12.1 Å². The summed E-state index contributed by atoms with van der Waals surface area (Å²) in [5, 5.41) is 18.1. The molecule has 1 aromatic carbocycles. The average Bonchev–Trinajstić information content (AvgIpc) is 2.49. The third-order valence-electron chi connectivity index (χ3n) is 3.36. The van der Waals surface area contributed by atoms with E-state index in [1.807, 2.05) is 0 Å². The Labute approximate surface area is 121 Å². The number of phenolic OH excluding ortho intramolecular Hbond substituents is 1. The maximum absolute atomic E-state index is 12.2. The van der Waals surface area contributed by atoms with Crippen LogP contribution in [0.2, 0.25) is 0 Å². The second-order valence-corrected chi connectivity index (χ2v) is 4.96. The second-order valence-electron chi connectivity index (χ2n) is 4.96. The van der Waals surface area contributed by atoms with Crippen LogP contribution in [0.5, 0.6) is 5.75 Å². The van der Waals surface area contributed by atoms with Crippen molar-refractivity contribution in [3.05, 3.63) is 29.8 Å². The van der Waals surface area contributed by atoms with E-state index in [2.05, 4.69) is 0 Å². The fraction of sp³-hybridized carbons (Fsp3) is 0.429. The Bertz CT molecular complexity index is 517. The standard InChI is InChI=1S/C14H18N2O5/c15-11(7-9-1-3-10(17)4-2-9)13(18)16-5-6-21-12(8-16)14(19)20/h1-4,11-12,17H,5-8,15H2,(H,19,20)/t11-,12?/m1/s1. The Hall–Kier alpha value is -2.12. The molecule has 0 bridgehead atoms. The molecule has 2 atom stereocenters. The first-order chi connectivity index (χ1) is 9.97. The number of nitrogens with zero attached hydrogens (tertiary/aromatic N) is 1. The summed E-state index contributed by atoms with van der Waals surface area (Å²) in [6.45, 7) is 0.540. The minimum Gasteiger partial charge on any atom is -0.508 e. The maximum Gasteiger partial charge on any atom is 0.334 e. The number of ether oxygens (including phenoxy) is 1. The summed E-state index contributed by atoms with van der Waals surface area (Å²) in [5.74, 6) is -1.23. The van der Waals surface area contributed by atoms with Crippen molar-refractivity contribution in [1.82, 2.24) is 4.90 Å². The number of amides is 1. The van der Waals surface area contributed by atoms with E-state index in [-0.39, 0.29) is 24.8 Å². The van der Waals surface area contributed by atoms with Crippen LogP contribution in [-0.4, -0.2) is 58.8 Å². The van der Waals surface area contributed by atoms with Crippen LogP contribution < -0.4 is 5.73 Å². The van der Waals surface area contributed by atoms with Crippen LogP contribution in [0.15, 0.2) is 24.3 Å². The monoisotopic (exact) mass is 294 g/mol. The van der Waals surface area contributed by atoms with Crippen molar-refractivity contribution < 1.29 is 24.5 Å². The number of rotatable bonds is 4. The number of nitrogens with two attached hydrogens (primary N) is 1. The molecule has 0 saturated carbocycles. The third kappa shape index (κ3) is 3.93. The molecular formula is C14H18N2O5. The van der Waals surface area contributed by atoms with Crippen molar-refractivity contribution in [2.75, 3.05) is 19.7 Å². The lowest BCUT2D eigenvalue weighted by Gasteiger charge is -2.32. The van der Waals surface area contributed by atoms with Crippen molar-refractivity contribution in [2.45, 2.75) is 18.6 Å². The summed E-state index contributed by atoms with van der Waals surface area (Å²) in [6, 6.07) is 5.70. The number of aromatic hydroxyl groups is 1. The number of morpholine rings is 1. The van der Waals surface area contributed by atoms with Crippen molar-refractivity contribution in [3.63, 3.8) is 0 Å². The quantitative estimate of drug-likeness (QED) is 0.695. The van der Waals surface area contributed by atoms with Crippen LogP contribution in [0.25, 0.3) is 0 Å². The Kier molecular flexibility index (Phi) is 4.77. The molecule has 7 heteroatoms. The molecule has 1 heterocycles. The highest BCUT2D eigenvalue weighted by Gasteiger charge is 2.31. The Morgan fingerprint density at radius 3 is 2.67 bits per heavy atom. The van der Waals surface area contributed by atoms with Crippen LogP contribution in [-0.2, 0) is 20.7 Å². The van der Waals surface area contributed by atoms with Crippen LogP contribution in [0.4, 0.5) is 0 Å². The predicted molar refractivity (Wildman–Crippen MR) is 73.7 cm³/mol. The SMILES string of the molecule is N[C@H](Cc1ccc(O)cc1)C(=O)N1CCOC(C(=O)O)C1. The van der Waals surface area contributed by atoms with E-state index in [0.717, 1.165) is 5.56 Å². The summed E-state index contributed by atoms with van der Waals surface area (Å²) in [4.78, 5) is 24.6. The molecular weight excluding hydrogens is 276 g/mol. The van der Waals surface area contributed by atoms with Gasteiger partial charge in [-0.3, -0.25) is 4.79 Å². The van der Waals surface area contributed by atoms with Gasteiger partial charge in [0, 0.05) is 6.54 Å². The number of hydrogen-bond donors (Lipinski definition) is 3. The van der Waals surface area contributed by atoms with Gasteiger partial charge in [-0.05, 0) is 24.1 Å². The second kappa shape index (κ2) is 6.55. The molecule has 1 amide bonds. The van der Waals surface area contributed by atoms with Crippen LogP contribution in [0.1, 0.15) is 5.56 Å². The van der Waals surface area contributed by atoms with Gasteiger partial charge in [-0.1, -0.05) is 12.1 Å². The smallest absolute Gasteiger partial charge is 0.334 e. The van der Waals surface area contributed by atoms with Crippen LogP contribution >= 0.6 is 0 Å². The molecule has 0 spiro atoms. The Balaban J connectivity index is 1.95. The van der Waals surface area contributed by atoms with E-state index in [1.165, 1.54) is 17.0 Å². The van der Waals surface area contributed by atoms with E-state index in [4.69, 9.17) is 15.6 Å². The first kappa shape index (κ1) is 15.3. The molecule has 1 aromatic rings. The minimum atomic E-state index is -1.08. The molecule has 21 heavy (non-hydrogen) atoms. The Morgan fingerprint density at radius 2 is 2.05 bits per heavy atom. The van der Waals surface area contributed by atoms with Gasteiger partial charge in [0.25, 0.3) is 0 Å². The molecule has 0 radical (unpaired) electrons. The van der Waals surface area contributed by atoms with E-state index < -0.39 is 18.1 Å². The van der Waals surface area contributed by atoms with Gasteiger partial charge in [-0.2, -0.15) is 0 Å². The molecule has 0 aliphatic carbocycles. The Morgan fingerprint density at radius 1 is 1.38 bits per heavy atom. The first-order valence-corrected chi connectivity index (χ1v) is 6.64. The van der Waals surface area contributed by atoms with Crippen LogP contribution in [0.3, 0.4) is 0 Å². The van der Waals surface area contributed by atoms with Crippen molar-refractivity contribution in [2.24, 2.45) is 5.73 Å². The van der Waals surface area contributed by atoms with Gasteiger partial charge in [0.2, 0.25) is 5.91 Å². The van der Waals surface area contributed by atoms with Gasteiger partial charge in [0.15, 0.2) is 6.10 Å². The summed E-state index contributed by atoms with van der Waals surface area (Å²) >= 11 is 0. The zero-order valence-corrected chi connectivity index (χ0v) is 11.4. The van der Waals surface area contributed by atoms with Gasteiger partial charge in [-0.25, -0.2) is 4.79 Å². The third-order valence-corrected chi connectivity index (χ3v) is 3.36.